The normalized spacial score (nSPS) is 11.2. The summed E-state index contributed by atoms with van der Waals surface area (Å²) >= 11 is 6.93. The van der Waals surface area contributed by atoms with Crippen LogP contribution in [0.4, 0.5) is 18.9 Å². The van der Waals surface area contributed by atoms with Crippen molar-refractivity contribution in [1.82, 2.24) is 0 Å². The largest absolute Gasteiger partial charge is 0.451 e. The molecule has 2 aromatic carbocycles. The molecule has 0 spiro atoms. The molecule has 29 heavy (non-hydrogen) atoms. The molecule has 0 atom stereocenters. The van der Waals surface area contributed by atoms with Gasteiger partial charge in [0.25, 0.3) is 5.91 Å². The van der Waals surface area contributed by atoms with Crippen LogP contribution in [0, 0.1) is 0 Å². The van der Waals surface area contributed by atoms with E-state index in [0.717, 1.165) is 29.0 Å². The van der Waals surface area contributed by atoms with E-state index in [0.29, 0.717) is 5.56 Å². The Labute approximate surface area is 172 Å². The Bertz CT molecular complexity index is 1030. The zero-order valence-corrected chi connectivity index (χ0v) is 16.2. The maximum absolute atomic E-state index is 13.1. The number of carbonyl (C=O) groups is 2. The number of para-hydroxylation sites is 1. The van der Waals surface area contributed by atoms with Crippen molar-refractivity contribution in [3.05, 3.63) is 75.4 Å². The first-order chi connectivity index (χ1) is 13.8. The number of rotatable bonds is 5. The lowest BCUT2D eigenvalue weighted by Crippen LogP contribution is -2.23. The summed E-state index contributed by atoms with van der Waals surface area (Å²) in [7, 11) is 0. The fraction of sp³-hybridized carbons (Fsp3) is 0.100. The Hall–Kier alpha value is -2.84. The predicted octanol–water partition coefficient (Wildman–Crippen LogP) is 5.88. The Morgan fingerprint density at radius 3 is 2.45 bits per heavy atom. The van der Waals surface area contributed by atoms with Gasteiger partial charge in [-0.2, -0.15) is 13.2 Å². The van der Waals surface area contributed by atoms with Gasteiger partial charge >= 0.3 is 12.1 Å². The SMILES string of the molecule is O=C(COC(=O)c1sccc1-c1ccccc1)Nc1c(Cl)cccc1C(F)(F)F. The molecular formula is C20H13ClF3NO3S. The van der Waals surface area contributed by atoms with E-state index < -0.39 is 35.9 Å². The smallest absolute Gasteiger partial charge is 0.418 e. The molecular weight excluding hydrogens is 427 g/mol. The fourth-order valence-electron chi connectivity index (χ4n) is 2.57. The third-order valence-electron chi connectivity index (χ3n) is 3.85. The first-order valence-corrected chi connectivity index (χ1v) is 9.48. The number of esters is 1. The van der Waals surface area contributed by atoms with E-state index in [9.17, 15) is 22.8 Å². The summed E-state index contributed by atoms with van der Waals surface area (Å²) in [5, 5.41) is 3.50. The number of ether oxygens (including phenoxy) is 1. The standard InChI is InChI=1S/C20H13ClF3NO3S/c21-15-8-4-7-14(20(22,23)24)17(15)25-16(26)11-28-19(27)18-13(9-10-29-18)12-5-2-1-3-6-12/h1-10H,11H2,(H,25,26). The van der Waals surface area contributed by atoms with E-state index in [1.807, 2.05) is 30.3 Å². The highest BCUT2D eigenvalue weighted by atomic mass is 35.5. The number of hydrogen-bond donors (Lipinski definition) is 1. The molecule has 0 aliphatic heterocycles. The minimum atomic E-state index is -4.70. The molecule has 0 saturated heterocycles. The van der Waals surface area contributed by atoms with Gasteiger partial charge in [-0.3, -0.25) is 4.79 Å². The van der Waals surface area contributed by atoms with Crippen molar-refractivity contribution in [3.63, 3.8) is 0 Å². The van der Waals surface area contributed by atoms with Crippen LogP contribution < -0.4 is 5.32 Å². The number of alkyl halides is 3. The van der Waals surface area contributed by atoms with Crippen LogP contribution in [0.5, 0.6) is 0 Å². The van der Waals surface area contributed by atoms with Gasteiger partial charge < -0.3 is 10.1 Å². The molecule has 1 aromatic heterocycles. The van der Waals surface area contributed by atoms with Crippen LogP contribution >= 0.6 is 22.9 Å². The van der Waals surface area contributed by atoms with Crippen LogP contribution in [0.25, 0.3) is 11.1 Å². The second-order valence-corrected chi connectivity index (χ2v) is 7.14. The van der Waals surface area contributed by atoms with E-state index in [1.165, 1.54) is 6.07 Å². The molecule has 0 bridgehead atoms. The highest BCUT2D eigenvalue weighted by Gasteiger charge is 2.34. The molecule has 0 fully saturated rings. The Balaban J connectivity index is 1.69. The quantitative estimate of drug-likeness (QED) is 0.505. The highest BCUT2D eigenvalue weighted by Crippen LogP contribution is 2.38. The molecule has 0 radical (unpaired) electrons. The van der Waals surface area contributed by atoms with Gasteiger partial charge in [-0.1, -0.05) is 48.0 Å². The lowest BCUT2D eigenvalue weighted by Gasteiger charge is -2.15. The minimum Gasteiger partial charge on any atom is -0.451 e. The van der Waals surface area contributed by atoms with Crippen LogP contribution in [0.3, 0.4) is 0 Å². The molecule has 1 amide bonds. The van der Waals surface area contributed by atoms with E-state index in [2.05, 4.69) is 5.32 Å². The molecule has 3 aromatic rings. The molecule has 3 rings (SSSR count). The second kappa shape index (κ2) is 8.67. The number of hydrogen-bond acceptors (Lipinski definition) is 4. The number of anilines is 1. The average Bonchev–Trinajstić information content (AvgIpc) is 3.17. The summed E-state index contributed by atoms with van der Waals surface area (Å²) in [5.41, 5.74) is -0.222. The van der Waals surface area contributed by atoms with E-state index in [-0.39, 0.29) is 9.90 Å². The molecule has 1 heterocycles. The summed E-state index contributed by atoms with van der Waals surface area (Å²) in [5.74, 6) is -1.68. The Kier molecular flexibility index (Phi) is 6.24. The third-order valence-corrected chi connectivity index (χ3v) is 5.06. The van der Waals surface area contributed by atoms with Crippen molar-refractivity contribution in [3.8, 4) is 11.1 Å². The van der Waals surface area contributed by atoms with Crippen molar-refractivity contribution >= 4 is 40.5 Å². The minimum absolute atomic E-state index is 0.274. The number of carbonyl (C=O) groups excluding carboxylic acids is 2. The lowest BCUT2D eigenvalue weighted by molar-refractivity contribution is -0.137. The van der Waals surface area contributed by atoms with E-state index in [4.69, 9.17) is 16.3 Å². The topological polar surface area (TPSA) is 55.4 Å². The van der Waals surface area contributed by atoms with Crippen molar-refractivity contribution < 1.29 is 27.5 Å². The third kappa shape index (κ3) is 4.96. The summed E-state index contributed by atoms with van der Waals surface area (Å²) in [4.78, 5) is 24.7. The average molecular weight is 440 g/mol. The first kappa shape index (κ1) is 20.9. The van der Waals surface area contributed by atoms with Crippen LogP contribution in [-0.2, 0) is 15.7 Å². The second-order valence-electron chi connectivity index (χ2n) is 5.81. The first-order valence-electron chi connectivity index (χ1n) is 8.23. The van der Waals surface area contributed by atoms with Gasteiger partial charge in [0, 0.05) is 5.56 Å². The van der Waals surface area contributed by atoms with Gasteiger partial charge in [0.2, 0.25) is 0 Å². The zero-order valence-electron chi connectivity index (χ0n) is 14.6. The molecule has 150 valence electrons. The van der Waals surface area contributed by atoms with Crippen LogP contribution in [0.2, 0.25) is 5.02 Å². The molecule has 0 unspecified atom stereocenters. The van der Waals surface area contributed by atoms with Crippen LogP contribution in [0.15, 0.2) is 60.0 Å². The van der Waals surface area contributed by atoms with Gasteiger partial charge in [0.1, 0.15) is 4.88 Å². The monoisotopic (exact) mass is 439 g/mol. The van der Waals surface area contributed by atoms with Gasteiger partial charge in [-0.05, 0) is 29.1 Å². The summed E-state index contributed by atoms with van der Waals surface area (Å²) < 4.78 is 44.3. The van der Waals surface area contributed by atoms with Gasteiger partial charge in [-0.25, -0.2) is 4.79 Å². The van der Waals surface area contributed by atoms with Crippen LogP contribution in [0.1, 0.15) is 15.2 Å². The van der Waals surface area contributed by atoms with Crippen molar-refractivity contribution in [2.45, 2.75) is 6.18 Å². The van der Waals surface area contributed by atoms with Gasteiger partial charge in [-0.15, -0.1) is 11.3 Å². The molecule has 9 heteroatoms. The van der Waals surface area contributed by atoms with E-state index in [1.54, 1.807) is 11.4 Å². The molecule has 1 N–H and O–H groups in total. The summed E-state index contributed by atoms with van der Waals surface area (Å²) in [6.07, 6.45) is -4.70. The number of amides is 1. The maximum atomic E-state index is 13.1. The maximum Gasteiger partial charge on any atom is 0.418 e. The molecule has 0 aliphatic rings. The highest BCUT2D eigenvalue weighted by molar-refractivity contribution is 7.12. The number of thiophene rings is 1. The predicted molar refractivity (Wildman–Crippen MR) is 105 cm³/mol. The molecule has 4 nitrogen and oxygen atoms in total. The number of benzene rings is 2. The summed E-state index contributed by atoms with van der Waals surface area (Å²) in [6.45, 7) is -0.756. The Morgan fingerprint density at radius 1 is 1.03 bits per heavy atom. The van der Waals surface area contributed by atoms with Crippen molar-refractivity contribution in [1.29, 1.82) is 0 Å². The summed E-state index contributed by atoms with van der Waals surface area (Å²) in [6, 6.07) is 14.0. The Morgan fingerprint density at radius 2 is 1.76 bits per heavy atom. The van der Waals surface area contributed by atoms with Gasteiger partial charge in [0.15, 0.2) is 6.61 Å². The van der Waals surface area contributed by atoms with Gasteiger partial charge in [0.05, 0.1) is 16.3 Å². The van der Waals surface area contributed by atoms with Crippen LogP contribution in [-0.4, -0.2) is 18.5 Å². The fourth-order valence-corrected chi connectivity index (χ4v) is 3.60. The van der Waals surface area contributed by atoms with E-state index >= 15 is 0 Å². The zero-order chi connectivity index (χ0) is 21.0. The van der Waals surface area contributed by atoms with Crippen molar-refractivity contribution in [2.24, 2.45) is 0 Å². The molecule has 0 aliphatic carbocycles. The number of nitrogens with one attached hydrogen (secondary N) is 1. The lowest BCUT2D eigenvalue weighted by atomic mass is 10.1. The molecule has 0 saturated carbocycles. The number of halogens is 4. The van der Waals surface area contributed by atoms with Crippen molar-refractivity contribution in [2.75, 3.05) is 11.9 Å².